The molecule has 0 aliphatic rings. The molecule has 0 saturated heterocycles. The highest BCUT2D eigenvalue weighted by atomic mass is 16.5. The van der Waals surface area contributed by atoms with Crippen LogP contribution in [0.15, 0.2) is 12.1 Å². The molecule has 1 aromatic rings. The van der Waals surface area contributed by atoms with Gasteiger partial charge in [-0.1, -0.05) is 20.8 Å². The second kappa shape index (κ2) is 6.75. The van der Waals surface area contributed by atoms with Gasteiger partial charge >= 0.3 is 0 Å². The lowest BCUT2D eigenvalue weighted by molar-refractivity contribution is 0.0936. The maximum atomic E-state index is 12.2. The van der Waals surface area contributed by atoms with E-state index in [1.807, 2.05) is 19.1 Å². The highest BCUT2D eigenvalue weighted by molar-refractivity contribution is 5.96. The van der Waals surface area contributed by atoms with Crippen molar-refractivity contribution in [2.75, 3.05) is 27.4 Å². The minimum atomic E-state index is -0.0827. The fourth-order valence-electron chi connectivity index (χ4n) is 2.04. The minimum Gasteiger partial charge on any atom is -0.496 e. The van der Waals surface area contributed by atoms with E-state index in [4.69, 9.17) is 9.47 Å². The summed E-state index contributed by atoms with van der Waals surface area (Å²) in [6, 6.07) is 3.85. The summed E-state index contributed by atoms with van der Waals surface area (Å²) in [5.74, 6) is 0.746. The summed E-state index contributed by atoms with van der Waals surface area (Å²) >= 11 is 0. The Morgan fingerprint density at radius 2 is 1.90 bits per heavy atom. The molecule has 1 aromatic carbocycles. The van der Waals surface area contributed by atoms with E-state index in [9.17, 15) is 4.79 Å². The van der Waals surface area contributed by atoms with E-state index in [-0.39, 0.29) is 11.3 Å². The molecule has 0 aliphatic heterocycles. The van der Waals surface area contributed by atoms with E-state index >= 15 is 0 Å². The molecule has 0 aliphatic carbocycles. The topological polar surface area (TPSA) is 47.6 Å². The summed E-state index contributed by atoms with van der Waals surface area (Å²) in [7, 11) is 3.27. The molecule has 1 amide bonds. The van der Waals surface area contributed by atoms with Crippen LogP contribution in [0.4, 0.5) is 0 Å². The third kappa shape index (κ3) is 3.97. The quantitative estimate of drug-likeness (QED) is 0.843. The number of hydrogen-bond donors (Lipinski definition) is 1. The summed E-state index contributed by atoms with van der Waals surface area (Å²) < 4.78 is 10.4. The highest BCUT2D eigenvalue weighted by Crippen LogP contribution is 2.33. The molecule has 4 heteroatoms. The predicted octanol–water partition coefficient (Wildman–Crippen LogP) is 2.68. The van der Waals surface area contributed by atoms with Gasteiger partial charge in [0.25, 0.3) is 5.91 Å². The lowest BCUT2D eigenvalue weighted by Crippen LogP contribution is -2.28. The zero-order chi connectivity index (χ0) is 15.3. The van der Waals surface area contributed by atoms with Gasteiger partial charge in [0.1, 0.15) is 5.75 Å². The van der Waals surface area contributed by atoms with Crippen LogP contribution in [0.2, 0.25) is 0 Å². The van der Waals surface area contributed by atoms with Crippen molar-refractivity contribution in [2.24, 2.45) is 0 Å². The van der Waals surface area contributed by atoms with Crippen LogP contribution >= 0.6 is 0 Å². The smallest absolute Gasteiger partial charge is 0.251 e. The van der Waals surface area contributed by atoms with Gasteiger partial charge in [0.05, 0.1) is 13.7 Å². The van der Waals surface area contributed by atoms with Crippen molar-refractivity contribution in [3.05, 3.63) is 28.8 Å². The molecule has 1 rings (SSSR count). The van der Waals surface area contributed by atoms with Gasteiger partial charge in [0.2, 0.25) is 0 Å². The number of hydrogen-bond acceptors (Lipinski definition) is 3. The molecule has 0 unspecified atom stereocenters. The SMILES string of the molecule is COCCNC(=O)c1cc(C(C)(C)C)c(OC)cc1C. The Morgan fingerprint density at radius 1 is 1.25 bits per heavy atom. The monoisotopic (exact) mass is 279 g/mol. The Kier molecular flexibility index (Phi) is 5.57. The summed E-state index contributed by atoms with van der Waals surface area (Å²) in [5.41, 5.74) is 2.54. The van der Waals surface area contributed by atoms with Crippen LogP contribution in [-0.4, -0.2) is 33.3 Å². The molecule has 0 fully saturated rings. The standard InChI is InChI=1S/C16H25NO3/c1-11-9-14(20-6)13(16(2,3)4)10-12(11)15(18)17-7-8-19-5/h9-10H,7-8H2,1-6H3,(H,17,18). The van der Waals surface area contributed by atoms with E-state index in [2.05, 4.69) is 26.1 Å². The summed E-state index contributed by atoms with van der Waals surface area (Å²) in [4.78, 5) is 12.2. The molecule has 0 bridgehead atoms. The van der Waals surface area contributed by atoms with Crippen LogP contribution in [0.3, 0.4) is 0 Å². The van der Waals surface area contributed by atoms with E-state index in [1.165, 1.54) is 0 Å². The Bertz CT molecular complexity index is 475. The number of ether oxygens (including phenoxy) is 2. The van der Waals surface area contributed by atoms with Crippen LogP contribution in [0.25, 0.3) is 0 Å². The zero-order valence-electron chi connectivity index (χ0n) is 13.3. The molecule has 0 radical (unpaired) electrons. The van der Waals surface area contributed by atoms with Crippen molar-refractivity contribution < 1.29 is 14.3 Å². The first-order valence-corrected chi connectivity index (χ1v) is 6.77. The number of carbonyl (C=O) groups excluding carboxylic acids is 1. The van der Waals surface area contributed by atoms with Gasteiger partial charge in [-0.25, -0.2) is 0 Å². The van der Waals surface area contributed by atoms with Crippen molar-refractivity contribution in [1.29, 1.82) is 0 Å². The lowest BCUT2D eigenvalue weighted by Gasteiger charge is -2.23. The zero-order valence-corrected chi connectivity index (χ0v) is 13.3. The number of aryl methyl sites for hydroxylation is 1. The summed E-state index contributed by atoms with van der Waals surface area (Å²) in [5, 5.41) is 2.85. The van der Waals surface area contributed by atoms with E-state index < -0.39 is 0 Å². The first kappa shape index (κ1) is 16.5. The molecule has 0 heterocycles. The van der Waals surface area contributed by atoms with Crippen LogP contribution in [0, 0.1) is 6.92 Å². The number of nitrogens with one attached hydrogen (secondary N) is 1. The fourth-order valence-corrected chi connectivity index (χ4v) is 2.04. The van der Waals surface area contributed by atoms with E-state index in [0.29, 0.717) is 18.7 Å². The third-order valence-corrected chi connectivity index (χ3v) is 3.19. The van der Waals surface area contributed by atoms with Crippen molar-refractivity contribution >= 4 is 5.91 Å². The average Bonchev–Trinajstić information content (AvgIpc) is 2.36. The molecular formula is C16H25NO3. The van der Waals surface area contributed by atoms with Gasteiger partial charge in [-0.2, -0.15) is 0 Å². The summed E-state index contributed by atoms with van der Waals surface area (Å²) in [6.45, 7) is 9.24. The van der Waals surface area contributed by atoms with Crippen molar-refractivity contribution in [3.8, 4) is 5.75 Å². The Hall–Kier alpha value is -1.55. The van der Waals surface area contributed by atoms with Crippen molar-refractivity contribution in [3.63, 3.8) is 0 Å². The van der Waals surface area contributed by atoms with Crippen LogP contribution in [0.1, 0.15) is 42.3 Å². The summed E-state index contributed by atoms with van der Waals surface area (Å²) in [6.07, 6.45) is 0. The minimum absolute atomic E-state index is 0.0762. The van der Waals surface area contributed by atoms with Crippen LogP contribution < -0.4 is 10.1 Å². The molecular weight excluding hydrogens is 254 g/mol. The average molecular weight is 279 g/mol. The molecule has 4 nitrogen and oxygen atoms in total. The van der Waals surface area contributed by atoms with Gasteiger partial charge in [-0.05, 0) is 30.0 Å². The molecule has 20 heavy (non-hydrogen) atoms. The molecule has 0 aromatic heterocycles. The maximum Gasteiger partial charge on any atom is 0.251 e. The number of rotatable bonds is 5. The molecule has 112 valence electrons. The Labute approximate surface area is 121 Å². The second-order valence-corrected chi connectivity index (χ2v) is 5.87. The van der Waals surface area contributed by atoms with Gasteiger partial charge in [-0.3, -0.25) is 4.79 Å². The maximum absolute atomic E-state index is 12.2. The van der Waals surface area contributed by atoms with Crippen LogP contribution in [0.5, 0.6) is 5.75 Å². The predicted molar refractivity (Wildman–Crippen MR) is 80.6 cm³/mol. The second-order valence-electron chi connectivity index (χ2n) is 5.87. The Balaban J connectivity index is 3.11. The third-order valence-electron chi connectivity index (χ3n) is 3.19. The van der Waals surface area contributed by atoms with Gasteiger partial charge in [0.15, 0.2) is 0 Å². The lowest BCUT2D eigenvalue weighted by atomic mass is 9.84. The van der Waals surface area contributed by atoms with Gasteiger partial charge in [0, 0.05) is 24.8 Å². The molecule has 0 spiro atoms. The largest absolute Gasteiger partial charge is 0.496 e. The molecule has 1 N–H and O–H groups in total. The number of carbonyl (C=O) groups is 1. The van der Waals surface area contributed by atoms with E-state index in [1.54, 1.807) is 14.2 Å². The number of amides is 1. The Morgan fingerprint density at radius 3 is 2.40 bits per heavy atom. The van der Waals surface area contributed by atoms with Crippen molar-refractivity contribution in [2.45, 2.75) is 33.1 Å². The highest BCUT2D eigenvalue weighted by Gasteiger charge is 2.22. The molecule has 0 atom stereocenters. The first-order valence-electron chi connectivity index (χ1n) is 6.77. The number of benzene rings is 1. The fraction of sp³-hybridized carbons (Fsp3) is 0.562. The number of methoxy groups -OCH3 is 2. The van der Waals surface area contributed by atoms with Crippen molar-refractivity contribution in [1.82, 2.24) is 5.32 Å². The van der Waals surface area contributed by atoms with Gasteiger partial charge < -0.3 is 14.8 Å². The normalized spacial score (nSPS) is 11.3. The van der Waals surface area contributed by atoms with Crippen LogP contribution in [-0.2, 0) is 10.2 Å². The molecule has 0 saturated carbocycles. The first-order chi connectivity index (χ1) is 9.31. The van der Waals surface area contributed by atoms with Gasteiger partial charge in [-0.15, -0.1) is 0 Å². The van der Waals surface area contributed by atoms with E-state index in [0.717, 1.165) is 16.9 Å².